The Morgan fingerprint density at radius 2 is 1.96 bits per heavy atom. The number of hydrogen-bond donors (Lipinski definition) is 1. The molecule has 0 spiro atoms. The summed E-state index contributed by atoms with van der Waals surface area (Å²) in [6.07, 6.45) is 1.76. The van der Waals surface area contributed by atoms with E-state index in [2.05, 4.69) is 22.0 Å². The summed E-state index contributed by atoms with van der Waals surface area (Å²) in [6, 6.07) is 14.1. The Morgan fingerprint density at radius 1 is 1.23 bits per heavy atom. The highest BCUT2D eigenvalue weighted by molar-refractivity contribution is 9.10. The molecule has 0 bridgehead atoms. The summed E-state index contributed by atoms with van der Waals surface area (Å²) in [5, 5.41) is 10.2. The smallest absolute Gasteiger partial charge is 0.270 e. The summed E-state index contributed by atoms with van der Waals surface area (Å²) in [4.78, 5) is 0.185. The van der Waals surface area contributed by atoms with Crippen molar-refractivity contribution in [3.05, 3.63) is 80.6 Å². The largest absolute Gasteiger partial charge is 0.383 e. The van der Waals surface area contributed by atoms with Gasteiger partial charge in [0.2, 0.25) is 0 Å². The Morgan fingerprint density at radius 3 is 2.65 bits per heavy atom. The van der Waals surface area contributed by atoms with Gasteiger partial charge >= 0.3 is 0 Å². The molecule has 0 saturated carbocycles. The van der Waals surface area contributed by atoms with Crippen LogP contribution in [0, 0.1) is 11.3 Å². The highest BCUT2D eigenvalue weighted by atomic mass is 79.9. The van der Waals surface area contributed by atoms with Crippen LogP contribution in [0.3, 0.4) is 0 Å². The molecule has 5 nitrogen and oxygen atoms in total. The predicted octanol–water partition coefficient (Wildman–Crippen LogP) is 3.94. The van der Waals surface area contributed by atoms with Crippen molar-refractivity contribution in [2.45, 2.75) is 10.8 Å². The molecule has 0 unspecified atom stereocenters. The molecule has 2 N–H and O–H groups in total. The Balaban J connectivity index is 1.98. The molecule has 0 saturated heterocycles. The van der Waals surface area contributed by atoms with Gasteiger partial charge in [-0.05, 0) is 45.8 Å². The summed E-state index contributed by atoms with van der Waals surface area (Å²) in [5.41, 5.74) is 8.16. The highest BCUT2D eigenvalue weighted by Crippen LogP contribution is 2.47. The van der Waals surface area contributed by atoms with E-state index in [1.807, 2.05) is 0 Å². The maximum absolute atomic E-state index is 12.9. The maximum atomic E-state index is 12.9. The second-order valence-electron chi connectivity index (χ2n) is 5.88. The number of halogens is 2. The van der Waals surface area contributed by atoms with E-state index in [9.17, 15) is 13.7 Å². The molecule has 130 valence electrons. The van der Waals surface area contributed by atoms with E-state index in [1.165, 1.54) is 6.07 Å². The van der Waals surface area contributed by atoms with Crippen LogP contribution in [0.25, 0.3) is 5.70 Å². The quantitative estimate of drug-likeness (QED) is 0.716. The number of nitrogens with zero attached hydrogens (tertiary/aromatic N) is 2. The molecule has 2 aliphatic rings. The summed E-state index contributed by atoms with van der Waals surface area (Å²) in [7, 11) is -3.82. The second kappa shape index (κ2) is 5.88. The fourth-order valence-corrected chi connectivity index (χ4v) is 5.45. The number of fused-ring (bicyclic) bond motifs is 3. The lowest BCUT2D eigenvalue weighted by atomic mass is 9.87. The minimum absolute atomic E-state index is 0.0720. The van der Waals surface area contributed by atoms with Crippen LogP contribution < -0.4 is 5.73 Å². The van der Waals surface area contributed by atoms with Gasteiger partial charge in [-0.1, -0.05) is 35.9 Å². The van der Waals surface area contributed by atoms with Gasteiger partial charge in [0.05, 0.1) is 27.3 Å². The number of rotatable bonds is 1. The van der Waals surface area contributed by atoms with E-state index in [0.717, 1.165) is 9.87 Å². The zero-order chi connectivity index (χ0) is 18.6. The first-order chi connectivity index (χ1) is 12.4. The normalized spacial score (nSPS) is 20.3. The minimum Gasteiger partial charge on any atom is -0.383 e. The number of nitrogens with two attached hydrogens (primary N) is 1. The van der Waals surface area contributed by atoms with E-state index < -0.39 is 15.9 Å². The van der Waals surface area contributed by atoms with Crippen molar-refractivity contribution in [1.82, 2.24) is 4.31 Å². The van der Waals surface area contributed by atoms with Gasteiger partial charge in [-0.15, -0.1) is 0 Å². The van der Waals surface area contributed by atoms with Crippen molar-refractivity contribution in [3.63, 3.8) is 0 Å². The van der Waals surface area contributed by atoms with Crippen LogP contribution in [0.1, 0.15) is 17.0 Å². The fourth-order valence-electron chi connectivity index (χ4n) is 3.26. The van der Waals surface area contributed by atoms with Gasteiger partial charge in [0, 0.05) is 16.0 Å². The average molecular weight is 449 g/mol. The van der Waals surface area contributed by atoms with Crippen LogP contribution in [0.5, 0.6) is 0 Å². The van der Waals surface area contributed by atoms with Gasteiger partial charge < -0.3 is 5.73 Å². The molecule has 2 aliphatic heterocycles. The predicted molar refractivity (Wildman–Crippen MR) is 102 cm³/mol. The van der Waals surface area contributed by atoms with Gasteiger partial charge in [0.15, 0.2) is 0 Å². The first-order valence-electron chi connectivity index (χ1n) is 7.57. The third-order valence-electron chi connectivity index (χ3n) is 4.45. The number of benzene rings is 2. The van der Waals surface area contributed by atoms with Crippen molar-refractivity contribution in [2.75, 3.05) is 0 Å². The van der Waals surface area contributed by atoms with E-state index in [1.54, 1.807) is 42.5 Å². The maximum Gasteiger partial charge on any atom is 0.270 e. The third kappa shape index (κ3) is 2.30. The Labute approximate surface area is 164 Å². The molecule has 0 amide bonds. The molecule has 0 radical (unpaired) electrons. The van der Waals surface area contributed by atoms with Crippen LogP contribution >= 0.6 is 27.5 Å². The molecule has 2 aromatic rings. The average Bonchev–Trinajstić information content (AvgIpc) is 2.85. The van der Waals surface area contributed by atoms with E-state index in [-0.39, 0.29) is 16.3 Å². The summed E-state index contributed by atoms with van der Waals surface area (Å²) in [5.74, 6) is -0.543. The van der Waals surface area contributed by atoms with Crippen molar-refractivity contribution in [1.29, 1.82) is 5.26 Å². The zero-order valence-electron chi connectivity index (χ0n) is 13.1. The first kappa shape index (κ1) is 17.2. The molecule has 0 fully saturated rings. The monoisotopic (exact) mass is 447 g/mol. The molecule has 8 heteroatoms. The third-order valence-corrected chi connectivity index (χ3v) is 7.45. The Hall–Kier alpha value is -2.27. The highest BCUT2D eigenvalue weighted by Gasteiger charge is 2.44. The van der Waals surface area contributed by atoms with Crippen molar-refractivity contribution in [3.8, 4) is 6.07 Å². The van der Waals surface area contributed by atoms with Crippen LogP contribution in [-0.2, 0) is 10.0 Å². The summed E-state index contributed by atoms with van der Waals surface area (Å²) >= 11 is 9.44. The lowest BCUT2D eigenvalue weighted by Crippen LogP contribution is -2.32. The van der Waals surface area contributed by atoms with Gasteiger partial charge in [0.25, 0.3) is 10.0 Å². The number of nitriles is 1. The zero-order valence-corrected chi connectivity index (χ0v) is 16.3. The second-order valence-corrected chi connectivity index (χ2v) is 8.90. The standard InChI is InChI=1S/C18H11BrClN3O2S/c19-14-7-10(5-6-15(14)20)12-8-16-11-3-1-2-4-17(11)26(24,25)23(16)18(22)13(12)9-21/h1-8,12H,22H2/t12-/m1/s1. The number of sulfonamides is 1. The van der Waals surface area contributed by atoms with E-state index >= 15 is 0 Å². The van der Waals surface area contributed by atoms with Crippen LogP contribution in [0.4, 0.5) is 0 Å². The molecule has 0 aromatic heterocycles. The lowest BCUT2D eigenvalue weighted by Gasteiger charge is -2.28. The lowest BCUT2D eigenvalue weighted by molar-refractivity contribution is 0.549. The van der Waals surface area contributed by atoms with Gasteiger partial charge in [-0.3, -0.25) is 0 Å². The molecule has 26 heavy (non-hydrogen) atoms. The van der Waals surface area contributed by atoms with Crippen molar-refractivity contribution in [2.24, 2.45) is 5.73 Å². The molecule has 4 rings (SSSR count). The summed E-state index contributed by atoms with van der Waals surface area (Å²) in [6.45, 7) is 0. The number of allylic oxidation sites excluding steroid dienone is 2. The fraction of sp³-hybridized carbons (Fsp3) is 0.0556. The van der Waals surface area contributed by atoms with Gasteiger partial charge in [-0.25, -0.2) is 12.7 Å². The first-order valence-corrected chi connectivity index (χ1v) is 10.2. The van der Waals surface area contributed by atoms with Crippen LogP contribution in [0.15, 0.2) is 69.3 Å². The molecule has 2 aromatic carbocycles. The van der Waals surface area contributed by atoms with E-state index in [0.29, 0.717) is 20.8 Å². The Kier molecular flexibility index (Phi) is 3.88. The Bertz CT molecular complexity index is 1170. The number of hydrogen-bond acceptors (Lipinski definition) is 4. The van der Waals surface area contributed by atoms with Crippen molar-refractivity contribution < 1.29 is 8.42 Å². The minimum atomic E-state index is -3.82. The molecule has 2 heterocycles. The molecule has 1 atom stereocenters. The van der Waals surface area contributed by atoms with E-state index in [4.69, 9.17) is 17.3 Å². The van der Waals surface area contributed by atoms with Gasteiger partial charge in [-0.2, -0.15) is 5.26 Å². The van der Waals surface area contributed by atoms with Gasteiger partial charge in [0.1, 0.15) is 5.82 Å². The van der Waals surface area contributed by atoms with Crippen LogP contribution in [-0.4, -0.2) is 12.7 Å². The topological polar surface area (TPSA) is 87.2 Å². The van der Waals surface area contributed by atoms with Crippen molar-refractivity contribution >= 4 is 43.3 Å². The summed E-state index contributed by atoms with van der Waals surface area (Å²) < 4.78 is 27.5. The van der Waals surface area contributed by atoms with Crippen LogP contribution in [0.2, 0.25) is 5.02 Å². The molecular formula is C18H11BrClN3O2S. The molecular weight excluding hydrogens is 438 g/mol. The molecule has 0 aliphatic carbocycles. The SMILES string of the molecule is N#CC1=C(N)N2C(=C[C@@H]1c1ccc(Cl)c(Br)c1)c1ccccc1S2(=O)=O.